The lowest BCUT2D eigenvalue weighted by Crippen LogP contribution is -2.53. The minimum absolute atomic E-state index is 0.228. The molecule has 0 spiro atoms. The third kappa shape index (κ3) is 2.98. The Hall–Kier alpha value is -0.590. The molecule has 0 amide bonds. The molecule has 2 aliphatic heterocycles. The Bertz CT molecular complexity index is 402. The van der Waals surface area contributed by atoms with Gasteiger partial charge >= 0.3 is 0 Å². The molecule has 3 aliphatic rings. The third-order valence-electron chi connectivity index (χ3n) is 6.54. The van der Waals surface area contributed by atoms with Crippen LogP contribution in [0.3, 0.4) is 0 Å². The van der Waals surface area contributed by atoms with Crippen LogP contribution in [0.5, 0.6) is 0 Å². The molecule has 1 saturated carbocycles. The molecule has 0 aromatic carbocycles. The van der Waals surface area contributed by atoms with Crippen molar-refractivity contribution in [3.05, 3.63) is 0 Å². The van der Waals surface area contributed by atoms with E-state index in [1.54, 1.807) is 0 Å². The van der Waals surface area contributed by atoms with E-state index in [4.69, 9.17) is 4.74 Å². The number of morpholine rings is 1. The maximum Gasteiger partial charge on any atom is 0.0707 e. The van der Waals surface area contributed by atoms with Crippen LogP contribution in [0.2, 0.25) is 0 Å². The summed E-state index contributed by atoms with van der Waals surface area (Å²) in [7, 11) is 0. The molecule has 2 saturated heterocycles. The van der Waals surface area contributed by atoms with Gasteiger partial charge in [-0.15, -0.1) is 0 Å². The maximum atomic E-state index is 9.58. The third-order valence-corrected chi connectivity index (χ3v) is 6.54. The first-order chi connectivity index (χ1) is 10.0. The molecular weight excluding hydrogens is 260 g/mol. The van der Waals surface area contributed by atoms with Gasteiger partial charge in [0.1, 0.15) is 0 Å². The van der Waals surface area contributed by atoms with Crippen molar-refractivity contribution in [3.63, 3.8) is 0 Å². The van der Waals surface area contributed by atoms with E-state index in [1.165, 1.54) is 32.1 Å². The zero-order chi connectivity index (χ0) is 15.0. The molecule has 3 nitrogen and oxygen atoms in total. The monoisotopic (exact) mass is 290 g/mol. The molecule has 3 fully saturated rings. The number of hydrogen-bond acceptors (Lipinski definition) is 3. The summed E-state index contributed by atoms with van der Waals surface area (Å²) in [5, 5.41) is 9.58. The molecule has 2 bridgehead atoms. The summed E-state index contributed by atoms with van der Waals surface area (Å²) in [5.41, 5.74) is 0.407. The molecule has 2 heterocycles. The second-order valence-corrected chi connectivity index (χ2v) is 8.07. The van der Waals surface area contributed by atoms with Crippen molar-refractivity contribution >= 4 is 0 Å². The van der Waals surface area contributed by atoms with E-state index in [9.17, 15) is 5.26 Å². The average Bonchev–Trinajstić information content (AvgIpc) is 2.84. The first kappa shape index (κ1) is 15.3. The summed E-state index contributed by atoms with van der Waals surface area (Å²) in [5.74, 6) is 0.990. The van der Waals surface area contributed by atoms with E-state index >= 15 is 0 Å². The van der Waals surface area contributed by atoms with E-state index in [1.807, 2.05) is 0 Å². The maximum absolute atomic E-state index is 9.58. The molecule has 0 N–H and O–H groups in total. The van der Waals surface area contributed by atoms with E-state index in [0.29, 0.717) is 23.7 Å². The average molecular weight is 290 g/mol. The molecule has 3 heteroatoms. The predicted molar refractivity (Wildman–Crippen MR) is 83.8 cm³/mol. The largest absolute Gasteiger partial charge is 0.372 e. The van der Waals surface area contributed by atoms with Crippen LogP contribution >= 0.6 is 0 Å². The van der Waals surface area contributed by atoms with E-state index < -0.39 is 0 Å². The minimum atomic E-state index is 0.228. The summed E-state index contributed by atoms with van der Waals surface area (Å²) >= 11 is 0. The van der Waals surface area contributed by atoms with Gasteiger partial charge in [0.2, 0.25) is 0 Å². The summed E-state index contributed by atoms with van der Waals surface area (Å²) in [6, 6.07) is 3.07. The highest BCUT2D eigenvalue weighted by molar-refractivity contribution is 5.02. The van der Waals surface area contributed by atoms with Crippen LogP contribution in [0.1, 0.15) is 59.3 Å². The lowest BCUT2D eigenvalue weighted by atomic mass is 9.66. The predicted octanol–water partition coefficient (Wildman–Crippen LogP) is 3.59. The van der Waals surface area contributed by atoms with Crippen LogP contribution in [-0.4, -0.2) is 36.2 Å². The second-order valence-electron chi connectivity index (χ2n) is 8.07. The normalized spacial score (nSPS) is 41.0. The van der Waals surface area contributed by atoms with Gasteiger partial charge in [-0.3, -0.25) is 4.90 Å². The number of hydrogen-bond donors (Lipinski definition) is 0. The Morgan fingerprint density at radius 3 is 2.38 bits per heavy atom. The van der Waals surface area contributed by atoms with Gasteiger partial charge < -0.3 is 4.74 Å². The zero-order valence-electron chi connectivity index (χ0n) is 13.8. The van der Waals surface area contributed by atoms with Gasteiger partial charge in [-0.1, -0.05) is 27.2 Å². The Kier molecular flexibility index (Phi) is 4.30. The Morgan fingerprint density at radius 1 is 1.14 bits per heavy atom. The fraction of sp³-hybridized carbons (Fsp3) is 0.944. The van der Waals surface area contributed by atoms with Crippen LogP contribution in [0, 0.1) is 28.6 Å². The van der Waals surface area contributed by atoms with Crippen LogP contribution in [0.15, 0.2) is 0 Å². The molecule has 0 aromatic heterocycles. The molecule has 1 aliphatic carbocycles. The van der Waals surface area contributed by atoms with Crippen molar-refractivity contribution in [1.82, 2.24) is 4.90 Å². The van der Waals surface area contributed by atoms with Crippen molar-refractivity contribution in [3.8, 4) is 6.07 Å². The van der Waals surface area contributed by atoms with Crippen LogP contribution in [-0.2, 0) is 4.74 Å². The number of likely N-dealkylation sites (tertiary alicyclic amines) is 1. The Morgan fingerprint density at radius 2 is 1.81 bits per heavy atom. The molecule has 0 radical (unpaired) electrons. The van der Waals surface area contributed by atoms with Crippen LogP contribution < -0.4 is 0 Å². The molecule has 5 unspecified atom stereocenters. The summed E-state index contributed by atoms with van der Waals surface area (Å²) in [6.07, 6.45) is 8.05. The SMILES string of the molecule is CCC(C)(C)C1CCC(C#N)C(N2CC3CCC(C2)O3)C1. The Balaban J connectivity index is 1.72. The topological polar surface area (TPSA) is 36.3 Å². The molecule has 21 heavy (non-hydrogen) atoms. The van der Waals surface area contributed by atoms with Gasteiger partial charge in [0.15, 0.2) is 0 Å². The van der Waals surface area contributed by atoms with Crippen LogP contribution in [0.25, 0.3) is 0 Å². The van der Waals surface area contributed by atoms with Crippen molar-refractivity contribution in [2.45, 2.75) is 77.5 Å². The molecule has 3 rings (SSSR count). The number of ether oxygens (including phenoxy) is 1. The Labute approximate surface area is 129 Å². The summed E-state index contributed by atoms with van der Waals surface area (Å²) in [4.78, 5) is 2.61. The standard InChI is InChI=1S/C18H30N2O/c1-4-18(2,3)14-6-5-13(10-19)17(9-14)20-11-15-7-8-16(12-20)21-15/h13-17H,4-9,11-12H2,1-3H3. The van der Waals surface area contributed by atoms with Crippen molar-refractivity contribution < 1.29 is 4.74 Å². The molecule has 0 aromatic rings. The lowest BCUT2D eigenvalue weighted by molar-refractivity contribution is -0.0708. The van der Waals surface area contributed by atoms with E-state index in [0.717, 1.165) is 25.4 Å². The highest BCUT2D eigenvalue weighted by atomic mass is 16.5. The first-order valence-corrected chi connectivity index (χ1v) is 8.82. The fourth-order valence-corrected chi connectivity index (χ4v) is 4.62. The highest BCUT2D eigenvalue weighted by Crippen LogP contribution is 2.44. The summed E-state index contributed by atoms with van der Waals surface area (Å²) in [6.45, 7) is 9.23. The van der Waals surface area contributed by atoms with Gasteiger partial charge in [0.05, 0.1) is 24.2 Å². The van der Waals surface area contributed by atoms with Crippen LogP contribution in [0.4, 0.5) is 0 Å². The van der Waals surface area contributed by atoms with E-state index in [2.05, 4.69) is 31.7 Å². The lowest BCUT2D eigenvalue weighted by Gasteiger charge is -2.47. The first-order valence-electron chi connectivity index (χ1n) is 8.82. The highest BCUT2D eigenvalue weighted by Gasteiger charge is 2.43. The number of rotatable bonds is 3. The summed E-state index contributed by atoms with van der Waals surface area (Å²) < 4.78 is 5.98. The van der Waals surface area contributed by atoms with Crippen molar-refractivity contribution in [2.24, 2.45) is 17.3 Å². The van der Waals surface area contributed by atoms with Gasteiger partial charge in [0.25, 0.3) is 0 Å². The van der Waals surface area contributed by atoms with Crippen molar-refractivity contribution in [2.75, 3.05) is 13.1 Å². The zero-order valence-corrected chi connectivity index (χ0v) is 13.8. The van der Waals surface area contributed by atoms with Gasteiger partial charge in [0, 0.05) is 19.1 Å². The fourth-order valence-electron chi connectivity index (χ4n) is 4.62. The van der Waals surface area contributed by atoms with Crippen molar-refractivity contribution in [1.29, 1.82) is 5.26 Å². The number of nitriles is 1. The molecule has 5 atom stereocenters. The minimum Gasteiger partial charge on any atom is -0.372 e. The molecular formula is C18H30N2O. The van der Waals surface area contributed by atoms with Gasteiger partial charge in [-0.2, -0.15) is 5.26 Å². The number of fused-ring (bicyclic) bond motifs is 2. The second kappa shape index (κ2) is 5.89. The molecule has 118 valence electrons. The smallest absolute Gasteiger partial charge is 0.0707 e. The van der Waals surface area contributed by atoms with E-state index in [-0.39, 0.29) is 5.92 Å². The van der Waals surface area contributed by atoms with Gasteiger partial charge in [-0.25, -0.2) is 0 Å². The quantitative estimate of drug-likeness (QED) is 0.797. The van der Waals surface area contributed by atoms with Gasteiger partial charge in [-0.05, 0) is 43.4 Å². The number of nitrogens with zero attached hydrogens (tertiary/aromatic N) is 2.